The first-order valence-electron chi connectivity index (χ1n) is 29.2. The molecule has 3 saturated heterocycles. The molecule has 1 saturated carbocycles. The molecule has 0 spiro atoms. The number of piperidine rings is 1. The average molecular weight is 1100 g/mol. The summed E-state index contributed by atoms with van der Waals surface area (Å²) in [7, 11) is 4.68. The lowest BCUT2D eigenvalue weighted by molar-refractivity contribution is -0.266. The molecule has 17 heteroatoms. The number of aliphatic hydroxyl groups is 2. The van der Waals surface area contributed by atoms with Crippen molar-refractivity contribution in [1.82, 2.24) is 9.80 Å². The smallest absolute Gasteiger partial charge is 0.329 e. The lowest BCUT2D eigenvalue weighted by Crippen LogP contribution is -2.61. The molecule has 1 aliphatic carbocycles. The summed E-state index contributed by atoms with van der Waals surface area (Å²) in [5.41, 5.74) is 1.26. The van der Waals surface area contributed by atoms with Crippen LogP contribution in [0.4, 0.5) is 0 Å². The Hall–Kier alpha value is -3.49. The van der Waals surface area contributed by atoms with Crippen molar-refractivity contribution >= 4 is 29.2 Å². The highest BCUT2D eigenvalue weighted by Crippen LogP contribution is 2.38. The van der Waals surface area contributed by atoms with Crippen molar-refractivity contribution in [2.75, 3.05) is 73.9 Å². The number of rotatable bonds is 14. The predicted octanol–water partition coefficient (Wildman–Crippen LogP) is 7.33. The van der Waals surface area contributed by atoms with Gasteiger partial charge in [0.15, 0.2) is 5.78 Å². The maximum Gasteiger partial charge on any atom is 0.329 e. The van der Waals surface area contributed by atoms with Crippen molar-refractivity contribution < 1.29 is 72.1 Å². The van der Waals surface area contributed by atoms with E-state index in [1.165, 1.54) is 12.0 Å². The third kappa shape index (κ3) is 18.8. The number of ketones is 3. The van der Waals surface area contributed by atoms with Crippen LogP contribution in [0.25, 0.3) is 0 Å². The van der Waals surface area contributed by atoms with E-state index < -0.39 is 77.8 Å². The highest BCUT2D eigenvalue weighted by Gasteiger charge is 2.53. The van der Waals surface area contributed by atoms with Crippen LogP contribution in [0.5, 0.6) is 0 Å². The van der Waals surface area contributed by atoms with E-state index in [4.69, 9.17) is 37.9 Å². The summed E-state index contributed by atoms with van der Waals surface area (Å²) in [6, 6.07) is -1.15. The summed E-state index contributed by atoms with van der Waals surface area (Å²) in [6.07, 6.45) is 13.5. The van der Waals surface area contributed by atoms with E-state index in [1.807, 2.05) is 58.1 Å². The minimum Gasteiger partial charge on any atom is -0.460 e. The summed E-state index contributed by atoms with van der Waals surface area (Å²) in [5, 5.41) is 23.8. The Morgan fingerprint density at radius 3 is 2.31 bits per heavy atom. The van der Waals surface area contributed by atoms with E-state index in [0.717, 1.165) is 57.5 Å². The van der Waals surface area contributed by atoms with E-state index in [9.17, 15) is 34.2 Å². The standard InChI is InChI=1S/C61H98N2O15/c1-39-18-13-12-14-19-40(2)52(76-31-30-71-9)36-48-23-21-45(7)61(70,78-48)58(67)59(68)63-26-16-15-20-49(63)60(69)77-53(37-50(64)41(3)33-44(6)56(66)57(73-11)55(65)43(5)32-39)42(4)34-47-22-24-51(54(35-47)72-10)75-28-17-25-62-27-29-74-46(8)38-62/h12-14,18-19,33,39,41-43,45-49,51-54,56-57,66,70H,15-17,20-32,34-38H2,1-11H3/b14-12+,18-13+,40-19+,44-33+/t39-,41-,42-,43-,45-,46+,47+,48+,49?,51-,52+,53+,54-,56-,57+,61-/m1/s1. The van der Waals surface area contributed by atoms with Gasteiger partial charge in [0.1, 0.15) is 30.1 Å². The quantitative estimate of drug-likeness (QED) is 0.0756. The van der Waals surface area contributed by atoms with E-state index in [0.29, 0.717) is 57.3 Å². The Kier molecular flexibility index (Phi) is 27.0. The van der Waals surface area contributed by atoms with Crippen LogP contribution < -0.4 is 0 Å². The number of hydrogen-bond donors (Lipinski definition) is 2. The molecule has 2 N–H and O–H groups in total. The van der Waals surface area contributed by atoms with Gasteiger partial charge in [-0.2, -0.15) is 0 Å². The number of methoxy groups -OCH3 is 3. The number of carbonyl (C=O) groups is 5. The molecule has 78 heavy (non-hydrogen) atoms. The van der Waals surface area contributed by atoms with Crippen molar-refractivity contribution in [3.63, 3.8) is 0 Å². The van der Waals surface area contributed by atoms with Crippen LogP contribution in [-0.4, -0.2) is 184 Å². The van der Waals surface area contributed by atoms with Gasteiger partial charge in [-0.3, -0.25) is 24.1 Å². The van der Waals surface area contributed by atoms with E-state index in [-0.39, 0.29) is 80.0 Å². The normalized spacial score (nSPS) is 38.1. The van der Waals surface area contributed by atoms with Crippen molar-refractivity contribution in [3.05, 3.63) is 47.6 Å². The van der Waals surface area contributed by atoms with Gasteiger partial charge in [0.05, 0.1) is 50.3 Å². The Balaban J connectivity index is 1.41. The highest BCUT2D eigenvalue weighted by atomic mass is 16.6. The van der Waals surface area contributed by atoms with Crippen LogP contribution in [0, 0.1) is 35.5 Å². The molecule has 0 aromatic carbocycles. The molecule has 4 heterocycles. The molecule has 1 unspecified atom stereocenters. The zero-order valence-corrected chi connectivity index (χ0v) is 49.1. The minimum absolute atomic E-state index is 0.00343. The summed E-state index contributed by atoms with van der Waals surface area (Å²) >= 11 is 0. The fraction of sp³-hybridized carbons (Fsp3) is 0.787. The first kappa shape index (κ1) is 65.3. The first-order chi connectivity index (χ1) is 37.2. The first-order valence-corrected chi connectivity index (χ1v) is 29.2. The summed E-state index contributed by atoms with van der Waals surface area (Å²) in [6.45, 7) is 19.8. The van der Waals surface area contributed by atoms with Gasteiger partial charge >= 0.3 is 5.97 Å². The fourth-order valence-corrected chi connectivity index (χ4v) is 12.1. The molecular weight excluding hydrogens is 1000 g/mol. The zero-order chi connectivity index (χ0) is 57.1. The number of fused-ring (bicyclic) bond motifs is 3. The summed E-state index contributed by atoms with van der Waals surface area (Å²) < 4.78 is 48.0. The van der Waals surface area contributed by atoms with Gasteiger partial charge in [0.2, 0.25) is 5.79 Å². The third-order valence-corrected chi connectivity index (χ3v) is 17.1. The number of morpholine rings is 1. The van der Waals surface area contributed by atoms with Crippen molar-refractivity contribution in [2.45, 2.75) is 200 Å². The molecule has 2 bridgehead atoms. The molecule has 16 atom stereocenters. The fourth-order valence-electron chi connectivity index (χ4n) is 12.1. The topological polar surface area (TPSA) is 206 Å². The average Bonchev–Trinajstić information content (AvgIpc) is 3.44. The van der Waals surface area contributed by atoms with Crippen LogP contribution in [0.15, 0.2) is 47.6 Å². The van der Waals surface area contributed by atoms with Gasteiger partial charge in [-0.25, -0.2) is 4.79 Å². The molecule has 5 rings (SSSR count). The summed E-state index contributed by atoms with van der Waals surface area (Å²) in [4.78, 5) is 75.6. The van der Waals surface area contributed by atoms with Crippen LogP contribution >= 0.6 is 0 Å². The monoisotopic (exact) mass is 1100 g/mol. The number of nitrogens with zero attached hydrogens (tertiary/aromatic N) is 2. The Morgan fingerprint density at radius 2 is 1.59 bits per heavy atom. The van der Waals surface area contributed by atoms with Crippen LogP contribution in [0.3, 0.4) is 0 Å². The van der Waals surface area contributed by atoms with Gasteiger partial charge in [0.25, 0.3) is 11.7 Å². The summed E-state index contributed by atoms with van der Waals surface area (Å²) in [5.74, 6) is -7.94. The van der Waals surface area contributed by atoms with Gasteiger partial charge in [-0.15, -0.1) is 0 Å². The maximum absolute atomic E-state index is 14.7. The largest absolute Gasteiger partial charge is 0.460 e. The number of cyclic esters (lactones) is 1. The number of amides is 1. The molecular formula is C61H98N2O15. The van der Waals surface area contributed by atoms with E-state index in [2.05, 4.69) is 11.8 Å². The number of carbonyl (C=O) groups excluding carboxylic acids is 5. The zero-order valence-electron chi connectivity index (χ0n) is 49.1. The van der Waals surface area contributed by atoms with Gasteiger partial charge in [-0.1, -0.05) is 71.1 Å². The molecule has 17 nitrogen and oxygen atoms in total. The van der Waals surface area contributed by atoms with E-state index >= 15 is 0 Å². The molecule has 5 aliphatic rings. The number of aliphatic hydroxyl groups excluding tert-OH is 1. The Labute approximate surface area is 466 Å². The lowest BCUT2D eigenvalue weighted by atomic mass is 9.78. The molecule has 4 aliphatic heterocycles. The Morgan fingerprint density at radius 1 is 0.821 bits per heavy atom. The van der Waals surface area contributed by atoms with Crippen LogP contribution in [0.1, 0.15) is 139 Å². The Bertz CT molecular complexity index is 2060. The second kappa shape index (κ2) is 32.2. The number of esters is 1. The van der Waals surface area contributed by atoms with Crippen LogP contribution in [0.2, 0.25) is 0 Å². The number of allylic oxidation sites excluding steroid dienone is 6. The van der Waals surface area contributed by atoms with Crippen molar-refractivity contribution in [2.24, 2.45) is 35.5 Å². The van der Waals surface area contributed by atoms with Gasteiger partial charge in [0, 0.05) is 84.7 Å². The van der Waals surface area contributed by atoms with Crippen molar-refractivity contribution in [3.8, 4) is 0 Å². The third-order valence-electron chi connectivity index (χ3n) is 17.1. The number of hydrogen-bond acceptors (Lipinski definition) is 16. The molecule has 4 fully saturated rings. The van der Waals surface area contributed by atoms with E-state index in [1.54, 1.807) is 41.1 Å². The number of ether oxygens (including phenoxy) is 8. The maximum atomic E-state index is 14.7. The predicted molar refractivity (Wildman–Crippen MR) is 296 cm³/mol. The molecule has 442 valence electrons. The lowest BCUT2D eigenvalue weighted by Gasteiger charge is -2.43. The van der Waals surface area contributed by atoms with Crippen LogP contribution in [-0.2, 0) is 61.9 Å². The molecule has 0 radical (unpaired) electrons. The SMILES string of the molecule is COCCO[C@H]1C[C@@H]2CC[C@@H](C)[C@@](O)(O2)C(=O)C(=O)N2CCCCC2C(=O)O[C@H]([C@H](C)C[C@@H]2CC[C@@H](OCCCN3CCO[C@@H](C)C3)[C@H](OC)C2)CC(=O)[C@H](C)/C=C(\C)[C@@H](O)[C@@H](OC)C(=O)[C@H](C)C[C@H](C)/C=C/C=C/C=C/1C. The second-order valence-electron chi connectivity index (χ2n) is 23.4. The second-order valence-corrected chi connectivity index (χ2v) is 23.4. The van der Waals surface area contributed by atoms with Gasteiger partial charge in [-0.05, 0) is 120 Å². The molecule has 0 aromatic heterocycles. The minimum atomic E-state index is -2.46. The van der Waals surface area contributed by atoms with Gasteiger partial charge < -0.3 is 53.0 Å². The number of Topliss-reactive ketones (excluding diaryl/α,β-unsaturated/α-hetero) is 3. The highest BCUT2D eigenvalue weighted by molar-refractivity contribution is 6.39. The van der Waals surface area contributed by atoms with Crippen molar-refractivity contribution in [1.29, 1.82) is 0 Å². The molecule has 0 aromatic rings. The molecule has 1 amide bonds.